The number of unbranched alkanes of at least 4 members (excludes halogenated alkanes) is 3. The van der Waals surface area contributed by atoms with E-state index in [1.807, 2.05) is 0 Å². The van der Waals surface area contributed by atoms with Gasteiger partial charge in [0.15, 0.2) is 5.43 Å². The van der Waals surface area contributed by atoms with E-state index < -0.39 is 10.0 Å². The van der Waals surface area contributed by atoms with Gasteiger partial charge < -0.3 is 9.52 Å². The molecular weight excluding hydrogens is 402 g/mol. The zero-order valence-electron chi connectivity index (χ0n) is 16.6. The van der Waals surface area contributed by atoms with E-state index >= 15 is 0 Å². The third-order valence-electron chi connectivity index (χ3n) is 4.47. The van der Waals surface area contributed by atoms with Gasteiger partial charge in [0, 0.05) is 24.3 Å². The second kappa shape index (κ2) is 9.61. The van der Waals surface area contributed by atoms with Crippen molar-refractivity contribution in [2.75, 3.05) is 17.6 Å². The zero-order valence-corrected chi connectivity index (χ0v) is 17.5. The molecule has 3 aromatic rings. The van der Waals surface area contributed by atoms with Crippen LogP contribution in [0.15, 0.2) is 57.9 Å². The van der Waals surface area contributed by atoms with Crippen molar-refractivity contribution in [3.8, 4) is 23.0 Å². The lowest BCUT2D eigenvalue weighted by Gasteiger charge is -2.06. The number of sulfonamides is 1. The normalized spacial score (nSPS) is 11.1. The number of hydrogen-bond acceptors (Lipinski definition) is 5. The van der Waals surface area contributed by atoms with Gasteiger partial charge in [0.05, 0.1) is 17.2 Å². The highest BCUT2D eigenvalue weighted by Gasteiger charge is 2.10. The molecule has 1 aromatic heterocycles. The van der Waals surface area contributed by atoms with Gasteiger partial charge in [-0.15, -0.1) is 0 Å². The van der Waals surface area contributed by atoms with Gasteiger partial charge >= 0.3 is 0 Å². The first-order valence-electron chi connectivity index (χ1n) is 9.61. The van der Waals surface area contributed by atoms with Crippen LogP contribution in [0.25, 0.3) is 22.1 Å². The third kappa shape index (κ3) is 5.72. The van der Waals surface area contributed by atoms with E-state index in [4.69, 9.17) is 9.52 Å². The van der Waals surface area contributed by atoms with Crippen LogP contribution in [0.5, 0.6) is 0 Å². The predicted molar refractivity (Wildman–Crippen MR) is 119 cm³/mol. The van der Waals surface area contributed by atoms with Gasteiger partial charge in [0.1, 0.15) is 11.8 Å². The number of nitrogens with one attached hydrogen (secondary N) is 1. The summed E-state index contributed by atoms with van der Waals surface area (Å²) in [5.41, 5.74) is 2.53. The SMILES string of the molecule is CS(=O)(=O)Nc1ccc(-c2coc3cc(C#CCCCCCO)ccc3c2=O)cc1. The van der Waals surface area contributed by atoms with E-state index in [1.165, 1.54) is 6.26 Å². The predicted octanol–water partition coefficient (Wildman–Crippen LogP) is 3.74. The molecule has 0 atom stereocenters. The second-order valence-corrected chi connectivity index (χ2v) is 8.73. The van der Waals surface area contributed by atoms with Gasteiger partial charge in [-0.25, -0.2) is 8.42 Å². The topological polar surface area (TPSA) is 96.6 Å². The first-order chi connectivity index (χ1) is 14.4. The number of benzene rings is 2. The molecule has 0 saturated heterocycles. The van der Waals surface area contributed by atoms with Crippen molar-refractivity contribution in [1.29, 1.82) is 0 Å². The lowest BCUT2D eigenvalue weighted by molar-refractivity contribution is 0.283. The molecule has 3 rings (SSSR count). The molecule has 0 radical (unpaired) electrons. The highest BCUT2D eigenvalue weighted by Crippen LogP contribution is 2.22. The van der Waals surface area contributed by atoms with Crippen molar-refractivity contribution in [3.63, 3.8) is 0 Å². The maximum absolute atomic E-state index is 12.9. The molecule has 0 aliphatic heterocycles. The fraction of sp³-hybridized carbons (Fsp3) is 0.261. The van der Waals surface area contributed by atoms with Gasteiger partial charge in [-0.05, 0) is 48.7 Å². The largest absolute Gasteiger partial charge is 0.463 e. The molecule has 2 N–H and O–H groups in total. The fourth-order valence-corrected chi connectivity index (χ4v) is 3.57. The van der Waals surface area contributed by atoms with Gasteiger partial charge in [-0.1, -0.05) is 30.4 Å². The smallest absolute Gasteiger partial charge is 0.229 e. The quantitative estimate of drug-likeness (QED) is 0.444. The van der Waals surface area contributed by atoms with E-state index in [0.29, 0.717) is 27.8 Å². The number of aliphatic hydroxyl groups excluding tert-OH is 1. The Morgan fingerprint density at radius 3 is 2.53 bits per heavy atom. The third-order valence-corrected chi connectivity index (χ3v) is 5.07. The number of aliphatic hydroxyl groups is 1. The Morgan fingerprint density at radius 1 is 1.07 bits per heavy atom. The highest BCUT2D eigenvalue weighted by atomic mass is 32.2. The van der Waals surface area contributed by atoms with Gasteiger partial charge in [-0.2, -0.15) is 0 Å². The summed E-state index contributed by atoms with van der Waals surface area (Å²) >= 11 is 0. The summed E-state index contributed by atoms with van der Waals surface area (Å²) < 4.78 is 30.7. The Morgan fingerprint density at radius 2 is 1.83 bits per heavy atom. The van der Waals surface area contributed by atoms with E-state index in [0.717, 1.165) is 37.5 Å². The maximum atomic E-state index is 12.9. The summed E-state index contributed by atoms with van der Waals surface area (Å²) in [5.74, 6) is 6.17. The molecule has 0 amide bonds. The molecular formula is C23H23NO5S. The van der Waals surface area contributed by atoms with Crippen molar-refractivity contribution >= 4 is 26.7 Å². The van der Waals surface area contributed by atoms with Crippen LogP contribution in [0.2, 0.25) is 0 Å². The van der Waals surface area contributed by atoms with Crippen LogP contribution >= 0.6 is 0 Å². The maximum Gasteiger partial charge on any atom is 0.229 e. The highest BCUT2D eigenvalue weighted by molar-refractivity contribution is 7.92. The van der Waals surface area contributed by atoms with Gasteiger partial charge in [0.2, 0.25) is 10.0 Å². The van der Waals surface area contributed by atoms with Crippen LogP contribution in [-0.2, 0) is 10.0 Å². The molecule has 1 heterocycles. The molecule has 7 heteroatoms. The molecule has 0 aliphatic carbocycles. The fourth-order valence-electron chi connectivity index (χ4n) is 3.00. The Hall–Kier alpha value is -3.08. The number of fused-ring (bicyclic) bond motifs is 1. The van der Waals surface area contributed by atoms with Crippen molar-refractivity contribution in [2.24, 2.45) is 0 Å². The van der Waals surface area contributed by atoms with Crippen molar-refractivity contribution in [1.82, 2.24) is 0 Å². The van der Waals surface area contributed by atoms with Crippen LogP contribution in [0.1, 0.15) is 31.2 Å². The Bertz CT molecular complexity index is 1250. The molecule has 0 spiro atoms. The molecule has 0 bridgehead atoms. The molecule has 6 nitrogen and oxygen atoms in total. The summed E-state index contributed by atoms with van der Waals surface area (Å²) in [6, 6.07) is 11.8. The standard InChI is InChI=1S/C23H23NO5S/c1-30(27,28)24-19-11-9-18(10-12-19)21-16-29-22-15-17(8-13-20(22)23(21)26)7-5-3-2-4-6-14-25/h8-13,15-16,24-25H,2-4,6,14H2,1H3. The van der Waals surface area contributed by atoms with Crippen molar-refractivity contribution in [3.05, 3.63) is 64.5 Å². The second-order valence-electron chi connectivity index (χ2n) is 6.98. The lowest BCUT2D eigenvalue weighted by atomic mass is 10.0. The number of hydrogen-bond donors (Lipinski definition) is 2. The summed E-state index contributed by atoms with van der Waals surface area (Å²) in [4.78, 5) is 12.9. The summed E-state index contributed by atoms with van der Waals surface area (Å²) in [7, 11) is -3.36. The van der Waals surface area contributed by atoms with E-state index in [9.17, 15) is 13.2 Å². The number of anilines is 1. The minimum atomic E-state index is -3.36. The van der Waals surface area contributed by atoms with Gasteiger partial charge in [0.25, 0.3) is 0 Å². The van der Waals surface area contributed by atoms with Crippen LogP contribution < -0.4 is 10.2 Å². The first kappa shape index (κ1) is 21.6. The molecule has 0 fully saturated rings. The van der Waals surface area contributed by atoms with E-state index in [-0.39, 0.29) is 12.0 Å². The van der Waals surface area contributed by atoms with E-state index in [1.54, 1.807) is 42.5 Å². The number of rotatable bonds is 7. The monoisotopic (exact) mass is 425 g/mol. The van der Waals surface area contributed by atoms with Crippen LogP contribution in [0, 0.1) is 11.8 Å². The average Bonchev–Trinajstić information content (AvgIpc) is 2.70. The van der Waals surface area contributed by atoms with E-state index in [2.05, 4.69) is 16.6 Å². The summed E-state index contributed by atoms with van der Waals surface area (Å²) in [6.07, 6.45) is 5.93. The van der Waals surface area contributed by atoms with Crippen molar-refractivity contribution < 1.29 is 17.9 Å². The minimum absolute atomic E-state index is 0.163. The molecule has 30 heavy (non-hydrogen) atoms. The molecule has 0 aliphatic rings. The zero-order chi connectivity index (χ0) is 21.6. The van der Waals surface area contributed by atoms with Crippen molar-refractivity contribution in [2.45, 2.75) is 25.7 Å². The lowest BCUT2D eigenvalue weighted by Crippen LogP contribution is -2.09. The molecule has 0 saturated carbocycles. The summed E-state index contributed by atoms with van der Waals surface area (Å²) in [6.45, 7) is 0.209. The Labute approximate surface area is 175 Å². The van der Waals surface area contributed by atoms with Crippen LogP contribution in [0.4, 0.5) is 5.69 Å². The Balaban J connectivity index is 1.81. The van der Waals surface area contributed by atoms with Crippen LogP contribution in [-0.4, -0.2) is 26.4 Å². The first-order valence-corrected chi connectivity index (χ1v) is 11.5. The minimum Gasteiger partial charge on any atom is -0.463 e. The summed E-state index contributed by atoms with van der Waals surface area (Å²) in [5, 5.41) is 9.23. The average molecular weight is 426 g/mol. The van der Waals surface area contributed by atoms with Gasteiger partial charge in [-0.3, -0.25) is 9.52 Å². The molecule has 156 valence electrons. The Kier molecular flexibility index (Phi) is 6.93. The molecule has 2 aromatic carbocycles. The molecule has 0 unspecified atom stereocenters. The van der Waals surface area contributed by atoms with Crippen LogP contribution in [0.3, 0.4) is 0 Å².